The normalized spacial score (nSPS) is 25.6. The average Bonchev–Trinajstić information content (AvgIpc) is 2.35. The van der Waals surface area contributed by atoms with Gasteiger partial charge in [0.2, 0.25) is 0 Å². The van der Waals surface area contributed by atoms with E-state index in [9.17, 15) is 4.79 Å². The number of ether oxygens (including phenoxy) is 2. The third-order valence-electron chi connectivity index (χ3n) is 5.01. The zero-order valence-corrected chi connectivity index (χ0v) is 12.5. The monoisotopic (exact) mass is 269 g/mol. The van der Waals surface area contributed by atoms with Gasteiger partial charge in [0.05, 0.1) is 19.1 Å². The summed E-state index contributed by atoms with van der Waals surface area (Å²) in [7, 11) is 3.28. The van der Waals surface area contributed by atoms with Crippen LogP contribution in [0.3, 0.4) is 0 Å². The highest BCUT2D eigenvalue weighted by molar-refractivity contribution is 5.78. The summed E-state index contributed by atoms with van der Waals surface area (Å²) < 4.78 is 10.3. The van der Waals surface area contributed by atoms with Crippen molar-refractivity contribution in [2.75, 3.05) is 40.5 Å². The minimum atomic E-state index is -0.205. The predicted octanol–water partition coefficient (Wildman–Crippen LogP) is 2.08. The van der Waals surface area contributed by atoms with E-state index in [1.165, 1.54) is 7.11 Å². The number of hydrogen-bond acceptors (Lipinski definition) is 4. The first-order valence-corrected chi connectivity index (χ1v) is 7.33. The Kier molecular flexibility index (Phi) is 4.51. The Morgan fingerprint density at radius 2 is 1.79 bits per heavy atom. The number of hydrogen-bond donors (Lipinski definition) is 0. The standard InChI is InChI=1S/C15H27NO3/c1-14(12-18-2)7-9-16(10-8-14)11-15(5-4-6-15)13(17)19-3/h4-12H2,1-3H3. The van der Waals surface area contributed by atoms with Gasteiger partial charge in [0, 0.05) is 13.7 Å². The molecule has 1 aliphatic carbocycles. The van der Waals surface area contributed by atoms with Gasteiger partial charge in [-0.3, -0.25) is 4.79 Å². The lowest BCUT2D eigenvalue weighted by molar-refractivity contribution is -0.160. The molecule has 2 rings (SSSR count). The molecule has 1 saturated carbocycles. The number of esters is 1. The van der Waals surface area contributed by atoms with E-state index < -0.39 is 0 Å². The molecular weight excluding hydrogens is 242 g/mol. The molecule has 2 fully saturated rings. The molecule has 1 saturated heterocycles. The summed E-state index contributed by atoms with van der Waals surface area (Å²) in [6.45, 7) is 6.15. The molecule has 0 bridgehead atoms. The second-order valence-electron chi connectivity index (χ2n) is 6.65. The third-order valence-corrected chi connectivity index (χ3v) is 5.01. The predicted molar refractivity (Wildman–Crippen MR) is 74.0 cm³/mol. The number of piperidine rings is 1. The van der Waals surface area contributed by atoms with E-state index in [1.54, 1.807) is 7.11 Å². The van der Waals surface area contributed by atoms with Gasteiger partial charge in [-0.2, -0.15) is 0 Å². The summed E-state index contributed by atoms with van der Waals surface area (Å²) in [5.74, 6) is -0.0102. The van der Waals surface area contributed by atoms with E-state index in [2.05, 4.69) is 11.8 Å². The summed E-state index contributed by atoms with van der Waals surface area (Å²) in [6, 6.07) is 0. The van der Waals surface area contributed by atoms with Gasteiger partial charge in [0.25, 0.3) is 0 Å². The van der Waals surface area contributed by atoms with Crippen molar-refractivity contribution < 1.29 is 14.3 Å². The third kappa shape index (κ3) is 3.11. The minimum absolute atomic E-state index is 0.0102. The lowest BCUT2D eigenvalue weighted by Gasteiger charge is -2.46. The molecule has 0 radical (unpaired) electrons. The molecule has 0 unspecified atom stereocenters. The first-order valence-electron chi connectivity index (χ1n) is 7.33. The maximum atomic E-state index is 12.0. The number of likely N-dealkylation sites (tertiary alicyclic amines) is 1. The van der Waals surface area contributed by atoms with Crippen LogP contribution in [0.25, 0.3) is 0 Å². The summed E-state index contributed by atoms with van der Waals surface area (Å²) in [6.07, 6.45) is 5.44. The van der Waals surface area contributed by atoms with Crippen LogP contribution in [0.5, 0.6) is 0 Å². The molecule has 0 atom stereocenters. The van der Waals surface area contributed by atoms with Gasteiger partial charge >= 0.3 is 5.97 Å². The number of methoxy groups -OCH3 is 2. The van der Waals surface area contributed by atoms with Crippen molar-refractivity contribution in [2.24, 2.45) is 10.8 Å². The second kappa shape index (κ2) is 5.80. The van der Waals surface area contributed by atoms with Crippen LogP contribution in [-0.2, 0) is 14.3 Å². The van der Waals surface area contributed by atoms with Crippen molar-refractivity contribution in [1.29, 1.82) is 0 Å². The molecule has 1 aliphatic heterocycles. The Labute approximate surface area is 116 Å². The van der Waals surface area contributed by atoms with E-state index in [-0.39, 0.29) is 11.4 Å². The van der Waals surface area contributed by atoms with Gasteiger partial charge < -0.3 is 14.4 Å². The molecule has 0 aromatic carbocycles. The number of rotatable bonds is 5. The largest absolute Gasteiger partial charge is 0.469 e. The van der Waals surface area contributed by atoms with Crippen molar-refractivity contribution >= 4 is 5.97 Å². The fourth-order valence-electron chi connectivity index (χ4n) is 3.42. The van der Waals surface area contributed by atoms with Crippen molar-refractivity contribution in [3.63, 3.8) is 0 Å². The van der Waals surface area contributed by atoms with Crippen LogP contribution in [0.4, 0.5) is 0 Å². The van der Waals surface area contributed by atoms with E-state index in [4.69, 9.17) is 9.47 Å². The topological polar surface area (TPSA) is 38.8 Å². The fourth-order valence-corrected chi connectivity index (χ4v) is 3.42. The quantitative estimate of drug-likeness (QED) is 0.716. The van der Waals surface area contributed by atoms with Crippen LogP contribution < -0.4 is 0 Å². The lowest BCUT2D eigenvalue weighted by Crippen LogP contribution is -2.51. The fraction of sp³-hybridized carbons (Fsp3) is 0.933. The van der Waals surface area contributed by atoms with Gasteiger partial charge in [-0.05, 0) is 44.2 Å². The number of carbonyl (C=O) groups excluding carboxylic acids is 1. The molecule has 0 amide bonds. The molecule has 4 nitrogen and oxygen atoms in total. The van der Waals surface area contributed by atoms with Crippen LogP contribution in [0.2, 0.25) is 0 Å². The lowest BCUT2D eigenvalue weighted by atomic mass is 9.68. The van der Waals surface area contributed by atoms with Gasteiger partial charge in [0.15, 0.2) is 0 Å². The van der Waals surface area contributed by atoms with Crippen LogP contribution in [0.15, 0.2) is 0 Å². The molecular formula is C15H27NO3. The molecule has 0 N–H and O–H groups in total. The Balaban J connectivity index is 1.87. The number of carbonyl (C=O) groups is 1. The van der Waals surface area contributed by atoms with Crippen LogP contribution >= 0.6 is 0 Å². The van der Waals surface area contributed by atoms with E-state index >= 15 is 0 Å². The molecule has 0 aromatic rings. The van der Waals surface area contributed by atoms with Crippen LogP contribution in [0.1, 0.15) is 39.0 Å². The van der Waals surface area contributed by atoms with E-state index in [1.807, 2.05) is 0 Å². The smallest absolute Gasteiger partial charge is 0.313 e. The van der Waals surface area contributed by atoms with E-state index in [0.29, 0.717) is 5.41 Å². The van der Waals surface area contributed by atoms with Crippen molar-refractivity contribution in [2.45, 2.75) is 39.0 Å². The SMILES string of the molecule is COCC1(C)CCN(CC2(C(=O)OC)CCC2)CC1. The summed E-state index contributed by atoms with van der Waals surface area (Å²) in [4.78, 5) is 14.4. The van der Waals surface area contributed by atoms with Gasteiger partial charge in [-0.1, -0.05) is 13.3 Å². The van der Waals surface area contributed by atoms with Crippen molar-refractivity contribution in [3.05, 3.63) is 0 Å². The zero-order valence-electron chi connectivity index (χ0n) is 12.5. The van der Waals surface area contributed by atoms with Gasteiger partial charge in [0.1, 0.15) is 0 Å². The van der Waals surface area contributed by atoms with Crippen LogP contribution in [0, 0.1) is 10.8 Å². The Bertz CT molecular complexity index is 317. The highest BCUT2D eigenvalue weighted by atomic mass is 16.5. The minimum Gasteiger partial charge on any atom is -0.469 e. The Morgan fingerprint density at radius 3 is 2.21 bits per heavy atom. The first-order chi connectivity index (χ1) is 9.03. The highest BCUT2D eigenvalue weighted by Gasteiger charge is 2.47. The summed E-state index contributed by atoms with van der Waals surface area (Å²) in [5.41, 5.74) is 0.104. The second-order valence-corrected chi connectivity index (χ2v) is 6.65. The molecule has 0 aromatic heterocycles. The molecule has 1 heterocycles. The first kappa shape index (κ1) is 14.8. The summed E-state index contributed by atoms with van der Waals surface area (Å²) in [5, 5.41) is 0. The van der Waals surface area contributed by atoms with Crippen LogP contribution in [-0.4, -0.2) is 51.3 Å². The highest BCUT2D eigenvalue weighted by Crippen LogP contribution is 2.43. The Morgan fingerprint density at radius 1 is 1.16 bits per heavy atom. The van der Waals surface area contributed by atoms with Crippen molar-refractivity contribution in [1.82, 2.24) is 4.90 Å². The average molecular weight is 269 g/mol. The summed E-state index contributed by atoms with van der Waals surface area (Å²) >= 11 is 0. The van der Waals surface area contributed by atoms with Gasteiger partial charge in [-0.25, -0.2) is 0 Å². The zero-order chi connectivity index (χ0) is 13.9. The maximum absolute atomic E-state index is 12.0. The van der Waals surface area contributed by atoms with Gasteiger partial charge in [-0.15, -0.1) is 0 Å². The molecule has 2 aliphatic rings. The van der Waals surface area contributed by atoms with Crippen molar-refractivity contribution in [3.8, 4) is 0 Å². The Hall–Kier alpha value is -0.610. The molecule has 4 heteroatoms. The van der Waals surface area contributed by atoms with E-state index in [0.717, 1.165) is 58.3 Å². The maximum Gasteiger partial charge on any atom is 0.313 e. The molecule has 0 spiro atoms. The molecule has 19 heavy (non-hydrogen) atoms. The molecule has 110 valence electrons. The number of nitrogens with zero attached hydrogens (tertiary/aromatic N) is 1.